The van der Waals surface area contributed by atoms with Gasteiger partial charge in [0.25, 0.3) is 0 Å². The molecule has 0 saturated heterocycles. The van der Waals surface area contributed by atoms with Gasteiger partial charge in [0.15, 0.2) is 0 Å². The number of carbonyl (C=O) groups excluding carboxylic acids is 1. The van der Waals surface area contributed by atoms with Gasteiger partial charge in [-0.2, -0.15) is 18.3 Å². The lowest BCUT2D eigenvalue weighted by Gasteiger charge is -2.33. The Bertz CT molecular complexity index is 896. The predicted molar refractivity (Wildman–Crippen MR) is 107 cm³/mol. The highest BCUT2D eigenvalue weighted by Crippen LogP contribution is 2.32. The summed E-state index contributed by atoms with van der Waals surface area (Å²) in [5.41, 5.74) is -0.361. The predicted octanol–water partition coefficient (Wildman–Crippen LogP) is 4.41. The molecule has 1 aromatic heterocycles. The molecule has 10 heteroatoms. The van der Waals surface area contributed by atoms with Gasteiger partial charge in [0.1, 0.15) is 17.5 Å². The van der Waals surface area contributed by atoms with Gasteiger partial charge >= 0.3 is 6.18 Å². The topological polar surface area (TPSA) is 59.7 Å². The molecule has 6 nitrogen and oxygen atoms in total. The van der Waals surface area contributed by atoms with E-state index in [0.717, 1.165) is 0 Å². The standard InChI is InChI=1S/C21H26F4N4O2/c1-20(2,22)13-31-15-6-4-14(5-7-15)29-18(8-10-21(23,24)25)27-16(12-19(29)30)17-9-11-26-28(17)3/h4-6,9,11,15-16H,7-8,10,12-13H2,1-3H3. The summed E-state index contributed by atoms with van der Waals surface area (Å²) in [4.78, 5) is 18.7. The Morgan fingerprint density at radius 1 is 1.26 bits per heavy atom. The van der Waals surface area contributed by atoms with E-state index in [1.807, 2.05) is 0 Å². The van der Waals surface area contributed by atoms with Gasteiger partial charge < -0.3 is 4.74 Å². The van der Waals surface area contributed by atoms with Crippen molar-refractivity contribution in [3.8, 4) is 0 Å². The summed E-state index contributed by atoms with van der Waals surface area (Å²) in [7, 11) is 1.70. The number of nitrogens with zero attached hydrogens (tertiary/aromatic N) is 4. The van der Waals surface area contributed by atoms with Crippen molar-refractivity contribution in [3.05, 3.63) is 41.9 Å². The summed E-state index contributed by atoms with van der Waals surface area (Å²) in [5.74, 6) is -0.265. The molecule has 0 bridgehead atoms. The summed E-state index contributed by atoms with van der Waals surface area (Å²) in [6.07, 6.45) is 0.742. The molecule has 0 spiro atoms. The van der Waals surface area contributed by atoms with E-state index in [4.69, 9.17) is 4.74 Å². The minimum Gasteiger partial charge on any atom is -0.371 e. The molecule has 0 saturated carbocycles. The number of halogens is 4. The molecule has 0 aromatic carbocycles. The van der Waals surface area contributed by atoms with Crippen molar-refractivity contribution in [2.75, 3.05) is 6.61 Å². The van der Waals surface area contributed by atoms with Gasteiger partial charge in [-0.15, -0.1) is 0 Å². The van der Waals surface area contributed by atoms with Crippen molar-refractivity contribution in [2.45, 2.75) is 63.5 Å². The quantitative estimate of drug-likeness (QED) is 0.588. The van der Waals surface area contributed by atoms with E-state index in [9.17, 15) is 22.4 Å². The van der Waals surface area contributed by atoms with Crippen LogP contribution in [0.2, 0.25) is 0 Å². The van der Waals surface area contributed by atoms with Crippen molar-refractivity contribution < 1.29 is 27.1 Å². The smallest absolute Gasteiger partial charge is 0.371 e. The summed E-state index contributed by atoms with van der Waals surface area (Å²) in [6, 6.07) is 1.11. The maximum absolute atomic E-state index is 13.6. The Kier molecular flexibility index (Phi) is 6.68. The summed E-state index contributed by atoms with van der Waals surface area (Å²) >= 11 is 0. The van der Waals surface area contributed by atoms with Gasteiger partial charge in [0.2, 0.25) is 5.91 Å². The number of alkyl halides is 4. The number of aliphatic imine (C=N–C) groups is 1. The zero-order valence-corrected chi connectivity index (χ0v) is 17.7. The SMILES string of the molecule is Cn1nccc1C1CC(=O)N(C2=CCC(OCC(C)(C)F)C=C2)C(CCC(F)(F)F)=N1. The largest absolute Gasteiger partial charge is 0.389 e. The molecule has 170 valence electrons. The van der Waals surface area contributed by atoms with Crippen LogP contribution in [0.5, 0.6) is 0 Å². The summed E-state index contributed by atoms with van der Waals surface area (Å²) in [6.45, 7) is 2.74. The maximum Gasteiger partial charge on any atom is 0.389 e. The van der Waals surface area contributed by atoms with Crippen molar-refractivity contribution in [3.63, 3.8) is 0 Å². The van der Waals surface area contributed by atoms with E-state index >= 15 is 0 Å². The van der Waals surface area contributed by atoms with Crippen molar-refractivity contribution in [1.29, 1.82) is 0 Å². The van der Waals surface area contributed by atoms with Gasteiger partial charge in [-0.05, 0) is 32.4 Å². The van der Waals surface area contributed by atoms with E-state index in [1.54, 1.807) is 42.2 Å². The lowest BCUT2D eigenvalue weighted by atomic mass is 10.0. The second-order valence-electron chi connectivity index (χ2n) is 8.28. The van der Waals surface area contributed by atoms with Crippen LogP contribution in [0.4, 0.5) is 17.6 Å². The maximum atomic E-state index is 13.6. The fourth-order valence-electron chi connectivity index (χ4n) is 3.47. The van der Waals surface area contributed by atoms with E-state index in [-0.39, 0.29) is 30.9 Å². The van der Waals surface area contributed by atoms with Crippen molar-refractivity contribution in [2.24, 2.45) is 12.0 Å². The highest BCUT2D eigenvalue weighted by Gasteiger charge is 2.36. The van der Waals surface area contributed by atoms with Crippen molar-refractivity contribution in [1.82, 2.24) is 14.7 Å². The first-order chi connectivity index (χ1) is 14.4. The Balaban J connectivity index is 1.81. The summed E-state index contributed by atoms with van der Waals surface area (Å²) in [5, 5.41) is 4.06. The number of carbonyl (C=O) groups is 1. The second kappa shape index (κ2) is 8.94. The van der Waals surface area contributed by atoms with Gasteiger partial charge in [-0.25, -0.2) is 4.39 Å². The first kappa shape index (κ1) is 23.2. The molecule has 0 fully saturated rings. The molecule has 0 radical (unpaired) electrons. The van der Waals surface area contributed by atoms with E-state index in [1.165, 1.54) is 18.7 Å². The number of ether oxygens (including phenoxy) is 1. The van der Waals surface area contributed by atoms with Crippen LogP contribution in [0.25, 0.3) is 0 Å². The number of amides is 1. The fraction of sp³-hybridized carbons (Fsp3) is 0.571. The summed E-state index contributed by atoms with van der Waals surface area (Å²) < 4.78 is 59.4. The van der Waals surface area contributed by atoms with Crippen LogP contribution < -0.4 is 0 Å². The number of hydrogen-bond acceptors (Lipinski definition) is 4. The lowest BCUT2D eigenvalue weighted by Crippen LogP contribution is -2.41. The normalized spacial score (nSPS) is 22.5. The van der Waals surface area contributed by atoms with Gasteiger partial charge in [-0.3, -0.25) is 19.4 Å². The fourth-order valence-corrected chi connectivity index (χ4v) is 3.47. The minimum absolute atomic E-state index is 0.0240. The molecular formula is C21H26F4N4O2. The van der Waals surface area contributed by atoms with Crippen LogP contribution in [0.3, 0.4) is 0 Å². The molecule has 0 N–H and O–H groups in total. The average Bonchev–Trinajstić information content (AvgIpc) is 3.10. The first-order valence-corrected chi connectivity index (χ1v) is 10.1. The van der Waals surface area contributed by atoms with E-state index < -0.39 is 30.7 Å². The molecule has 31 heavy (non-hydrogen) atoms. The minimum atomic E-state index is -4.37. The van der Waals surface area contributed by atoms with Gasteiger partial charge in [0.05, 0.1) is 31.2 Å². The first-order valence-electron chi connectivity index (χ1n) is 10.1. The number of allylic oxidation sites excluding steroid dienone is 1. The molecule has 1 aromatic rings. The Hall–Kier alpha value is -2.49. The third-order valence-corrected chi connectivity index (χ3v) is 4.95. The molecule has 2 aliphatic rings. The zero-order chi connectivity index (χ0) is 22.8. The van der Waals surface area contributed by atoms with Crippen LogP contribution >= 0.6 is 0 Å². The molecule has 3 rings (SSSR count). The highest BCUT2D eigenvalue weighted by atomic mass is 19.4. The van der Waals surface area contributed by atoms with Crippen LogP contribution in [0, 0.1) is 0 Å². The second-order valence-corrected chi connectivity index (χ2v) is 8.28. The van der Waals surface area contributed by atoms with Crippen LogP contribution in [0.1, 0.15) is 51.3 Å². The number of rotatable bonds is 7. The van der Waals surface area contributed by atoms with E-state index in [0.29, 0.717) is 17.8 Å². The Labute approximate surface area is 178 Å². The van der Waals surface area contributed by atoms with Crippen molar-refractivity contribution >= 4 is 11.7 Å². The number of aromatic nitrogens is 2. The van der Waals surface area contributed by atoms with Crippen LogP contribution in [-0.2, 0) is 16.6 Å². The number of hydrogen-bond donors (Lipinski definition) is 0. The molecule has 1 amide bonds. The molecule has 2 heterocycles. The molecular weight excluding hydrogens is 416 g/mol. The monoisotopic (exact) mass is 442 g/mol. The highest BCUT2D eigenvalue weighted by molar-refractivity contribution is 6.02. The molecule has 1 aliphatic heterocycles. The number of amidine groups is 1. The molecule has 1 aliphatic carbocycles. The molecule has 2 atom stereocenters. The third kappa shape index (κ3) is 6.25. The number of aryl methyl sites for hydroxylation is 1. The average molecular weight is 442 g/mol. The van der Waals surface area contributed by atoms with E-state index in [2.05, 4.69) is 10.1 Å². The zero-order valence-electron chi connectivity index (χ0n) is 17.7. The Morgan fingerprint density at radius 2 is 2.00 bits per heavy atom. The molecule has 2 unspecified atom stereocenters. The third-order valence-electron chi connectivity index (χ3n) is 4.95. The Morgan fingerprint density at radius 3 is 2.55 bits per heavy atom. The lowest BCUT2D eigenvalue weighted by molar-refractivity contribution is -0.134. The van der Waals surface area contributed by atoms with Gasteiger partial charge in [0, 0.05) is 25.4 Å². The van der Waals surface area contributed by atoms with Crippen LogP contribution in [0.15, 0.2) is 41.2 Å². The van der Waals surface area contributed by atoms with Gasteiger partial charge in [-0.1, -0.05) is 12.2 Å². The van der Waals surface area contributed by atoms with Crippen LogP contribution in [-0.4, -0.2) is 51.0 Å².